The molecule has 0 atom stereocenters. The maximum Gasteiger partial charge on any atom is 0.239 e. The Morgan fingerprint density at radius 2 is 2.35 bits per heavy atom. The molecule has 0 aromatic carbocycles. The van der Waals surface area contributed by atoms with Gasteiger partial charge in [-0.2, -0.15) is 0 Å². The molecule has 0 unspecified atom stereocenters. The molecule has 17 heavy (non-hydrogen) atoms. The van der Waals surface area contributed by atoms with Crippen molar-refractivity contribution in [1.29, 1.82) is 0 Å². The fraction of sp³-hybridized carbons (Fsp3) is 0.500. The molecule has 1 N–H and O–H groups in total. The van der Waals surface area contributed by atoms with Crippen LogP contribution in [-0.4, -0.2) is 49.7 Å². The highest BCUT2D eigenvalue weighted by atomic mass is 35.5. The van der Waals surface area contributed by atoms with Gasteiger partial charge in [0.05, 0.1) is 25.5 Å². The van der Waals surface area contributed by atoms with Crippen molar-refractivity contribution < 1.29 is 9.53 Å². The molecule has 1 aromatic rings. The van der Waals surface area contributed by atoms with Crippen molar-refractivity contribution in [2.45, 2.75) is 0 Å². The number of hydrogen-bond acceptors (Lipinski definition) is 5. The number of nitrogens with zero attached hydrogens (tertiary/aromatic N) is 3. The van der Waals surface area contributed by atoms with Crippen molar-refractivity contribution in [3.63, 3.8) is 0 Å². The third-order valence-corrected chi connectivity index (χ3v) is 2.17. The number of rotatable bonds is 6. The molecule has 1 heterocycles. The number of likely N-dealkylation sites (N-methyl/N-ethyl adjacent to an activating group) is 1. The van der Waals surface area contributed by atoms with E-state index in [1.54, 1.807) is 25.3 Å². The molecule has 0 fully saturated rings. The van der Waals surface area contributed by atoms with Crippen LogP contribution in [0.15, 0.2) is 12.4 Å². The van der Waals surface area contributed by atoms with Crippen LogP contribution < -0.4 is 10.2 Å². The molecular weight excluding hydrogens is 244 g/mol. The van der Waals surface area contributed by atoms with Crippen molar-refractivity contribution in [2.24, 2.45) is 0 Å². The number of amides is 1. The summed E-state index contributed by atoms with van der Waals surface area (Å²) < 4.78 is 4.83. The summed E-state index contributed by atoms with van der Waals surface area (Å²) in [6.07, 6.45) is 2.99. The molecule has 94 valence electrons. The van der Waals surface area contributed by atoms with Crippen LogP contribution in [0.25, 0.3) is 0 Å². The number of anilines is 1. The number of ether oxygens (including phenoxy) is 1. The lowest BCUT2D eigenvalue weighted by Crippen LogP contribution is -2.37. The Kier molecular flexibility index (Phi) is 5.65. The lowest BCUT2D eigenvalue weighted by atomic mass is 10.5. The summed E-state index contributed by atoms with van der Waals surface area (Å²) in [5, 5.41) is 3.01. The summed E-state index contributed by atoms with van der Waals surface area (Å²) >= 11 is 5.71. The molecular formula is C10H15ClN4O2. The van der Waals surface area contributed by atoms with Crippen molar-refractivity contribution in [1.82, 2.24) is 15.3 Å². The summed E-state index contributed by atoms with van der Waals surface area (Å²) in [5.74, 6) is 0.450. The van der Waals surface area contributed by atoms with E-state index in [9.17, 15) is 4.79 Å². The minimum atomic E-state index is -0.105. The Hall–Kier alpha value is -1.40. The van der Waals surface area contributed by atoms with Crippen LogP contribution in [-0.2, 0) is 9.53 Å². The fourth-order valence-electron chi connectivity index (χ4n) is 1.16. The summed E-state index contributed by atoms with van der Waals surface area (Å²) in [6.45, 7) is 1.18. The van der Waals surface area contributed by atoms with E-state index < -0.39 is 0 Å². The average Bonchev–Trinajstić information content (AvgIpc) is 2.29. The van der Waals surface area contributed by atoms with E-state index in [2.05, 4.69) is 15.3 Å². The molecule has 0 bridgehead atoms. The van der Waals surface area contributed by atoms with Gasteiger partial charge in [0, 0.05) is 20.7 Å². The van der Waals surface area contributed by atoms with Gasteiger partial charge >= 0.3 is 0 Å². The highest BCUT2D eigenvalue weighted by Gasteiger charge is 2.08. The van der Waals surface area contributed by atoms with Gasteiger partial charge in [0.15, 0.2) is 0 Å². The zero-order valence-corrected chi connectivity index (χ0v) is 10.6. The monoisotopic (exact) mass is 258 g/mol. The number of carbonyl (C=O) groups excluding carboxylic acids is 1. The number of carbonyl (C=O) groups is 1. The molecule has 0 aliphatic carbocycles. The SMILES string of the molecule is COCCNC(=O)CN(C)c1cncc(Cl)n1. The normalized spacial score (nSPS) is 10.1. The first kappa shape index (κ1) is 13.7. The molecule has 1 aromatic heterocycles. The maximum absolute atomic E-state index is 11.5. The van der Waals surface area contributed by atoms with Crippen molar-refractivity contribution in [3.05, 3.63) is 17.5 Å². The van der Waals surface area contributed by atoms with E-state index in [0.717, 1.165) is 0 Å². The van der Waals surface area contributed by atoms with Crippen LogP contribution in [0.2, 0.25) is 5.15 Å². The minimum Gasteiger partial charge on any atom is -0.383 e. The molecule has 0 radical (unpaired) electrons. The second kappa shape index (κ2) is 7.03. The van der Waals surface area contributed by atoms with Crippen LogP contribution in [0.4, 0.5) is 5.82 Å². The molecule has 0 aliphatic rings. The van der Waals surface area contributed by atoms with E-state index in [0.29, 0.717) is 24.1 Å². The largest absolute Gasteiger partial charge is 0.383 e. The summed E-state index contributed by atoms with van der Waals surface area (Å²) in [4.78, 5) is 21.1. The Bertz CT molecular complexity index is 375. The van der Waals surface area contributed by atoms with E-state index in [1.807, 2.05) is 0 Å². The van der Waals surface area contributed by atoms with E-state index >= 15 is 0 Å². The molecule has 1 amide bonds. The zero-order chi connectivity index (χ0) is 12.7. The number of nitrogens with one attached hydrogen (secondary N) is 1. The molecule has 0 aliphatic heterocycles. The number of halogens is 1. The van der Waals surface area contributed by atoms with Crippen molar-refractivity contribution >= 4 is 23.3 Å². The Morgan fingerprint density at radius 1 is 1.59 bits per heavy atom. The first-order chi connectivity index (χ1) is 8.13. The summed E-state index contributed by atoms with van der Waals surface area (Å²) in [6, 6.07) is 0. The molecule has 0 spiro atoms. The van der Waals surface area contributed by atoms with Crippen molar-refractivity contribution in [3.8, 4) is 0 Å². The first-order valence-corrected chi connectivity index (χ1v) is 5.45. The predicted octanol–water partition coefficient (Wildman–Crippen LogP) is 0.329. The molecule has 1 rings (SSSR count). The van der Waals surface area contributed by atoms with E-state index in [4.69, 9.17) is 16.3 Å². The van der Waals surface area contributed by atoms with Gasteiger partial charge in [0.25, 0.3) is 0 Å². The second-order valence-electron chi connectivity index (χ2n) is 3.40. The number of hydrogen-bond donors (Lipinski definition) is 1. The second-order valence-corrected chi connectivity index (χ2v) is 3.79. The molecule has 0 saturated heterocycles. The first-order valence-electron chi connectivity index (χ1n) is 5.08. The smallest absolute Gasteiger partial charge is 0.239 e. The average molecular weight is 259 g/mol. The Morgan fingerprint density at radius 3 is 3.00 bits per heavy atom. The summed E-state index contributed by atoms with van der Waals surface area (Å²) in [5.41, 5.74) is 0. The van der Waals surface area contributed by atoms with Gasteiger partial charge in [-0.25, -0.2) is 4.98 Å². The Balaban J connectivity index is 2.43. The topological polar surface area (TPSA) is 67.3 Å². The van der Waals surface area contributed by atoms with E-state index in [-0.39, 0.29) is 12.5 Å². The summed E-state index contributed by atoms with van der Waals surface area (Å²) in [7, 11) is 3.33. The Labute approximate surface area is 105 Å². The predicted molar refractivity (Wildman–Crippen MR) is 65.2 cm³/mol. The van der Waals surface area contributed by atoms with Gasteiger partial charge in [-0.3, -0.25) is 9.78 Å². The van der Waals surface area contributed by atoms with Gasteiger partial charge in [0.1, 0.15) is 11.0 Å². The molecule has 7 heteroatoms. The van der Waals surface area contributed by atoms with E-state index in [1.165, 1.54) is 6.20 Å². The van der Waals surface area contributed by atoms with Crippen LogP contribution in [0.5, 0.6) is 0 Å². The van der Waals surface area contributed by atoms with Gasteiger partial charge in [-0.1, -0.05) is 11.6 Å². The van der Waals surface area contributed by atoms with Gasteiger partial charge < -0.3 is 15.0 Å². The van der Waals surface area contributed by atoms with Gasteiger partial charge in [-0.15, -0.1) is 0 Å². The molecule has 6 nitrogen and oxygen atoms in total. The van der Waals surface area contributed by atoms with Crippen LogP contribution in [0.3, 0.4) is 0 Å². The fourth-order valence-corrected chi connectivity index (χ4v) is 1.30. The van der Waals surface area contributed by atoms with Crippen LogP contribution in [0, 0.1) is 0 Å². The van der Waals surface area contributed by atoms with Gasteiger partial charge in [0.2, 0.25) is 5.91 Å². The maximum atomic E-state index is 11.5. The quantitative estimate of drug-likeness (QED) is 0.745. The lowest BCUT2D eigenvalue weighted by molar-refractivity contribution is -0.119. The van der Waals surface area contributed by atoms with Crippen LogP contribution >= 0.6 is 11.6 Å². The minimum absolute atomic E-state index is 0.105. The number of methoxy groups -OCH3 is 1. The lowest BCUT2D eigenvalue weighted by Gasteiger charge is -2.17. The standard InChI is InChI=1S/C10H15ClN4O2/c1-15(7-10(16)13-3-4-17-2)9-6-12-5-8(11)14-9/h5-6H,3-4,7H2,1-2H3,(H,13,16). The highest BCUT2D eigenvalue weighted by molar-refractivity contribution is 6.29. The molecule has 0 saturated carbocycles. The van der Waals surface area contributed by atoms with Crippen LogP contribution in [0.1, 0.15) is 0 Å². The third-order valence-electron chi connectivity index (χ3n) is 1.99. The highest BCUT2D eigenvalue weighted by Crippen LogP contribution is 2.10. The third kappa shape index (κ3) is 4.97. The van der Waals surface area contributed by atoms with Crippen molar-refractivity contribution in [2.75, 3.05) is 38.8 Å². The number of aromatic nitrogens is 2. The van der Waals surface area contributed by atoms with Gasteiger partial charge in [-0.05, 0) is 0 Å². The zero-order valence-electron chi connectivity index (χ0n) is 9.81.